The minimum atomic E-state index is -0.950. The highest BCUT2D eigenvalue weighted by Crippen LogP contribution is 2.27. The highest BCUT2D eigenvalue weighted by atomic mass is 32.1. The molecular formula is C14H12N2O3S. The van der Waals surface area contributed by atoms with Crippen LogP contribution < -0.4 is 0 Å². The van der Waals surface area contributed by atoms with Gasteiger partial charge >= 0.3 is 5.97 Å². The number of benzene rings is 1. The van der Waals surface area contributed by atoms with E-state index in [0.29, 0.717) is 10.7 Å². The normalized spacial score (nSPS) is 11.1. The van der Waals surface area contributed by atoms with Crippen LogP contribution in [0.3, 0.4) is 0 Å². The predicted molar refractivity (Wildman–Crippen MR) is 76.2 cm³/mol. The van der Waals surface area contributed by atoms with Crippen LogP contribution in [0.1, 0.15) is 15.4 Å². The van der Waals surface area contributed by atoms with E-state index in [0.717, 1.165) is 22.6 Å². The maximum Gasteiger partial charge on any atom is 0.347 e. The number of aromatic nitrogens is 2. The van der Waals surface area contributed by atoms with Gasteiger partial charge in [0, 0.05) is 18.9 Å². The smallest absolute Gasteiger partial charge is 0.347 e. The summed E-state index contributed by atoms with van der Waals surface area (Å²) in [6, 6.07) is 9.78. The van der Waals surface area contributed by atoms with Gasteiger partial charge in [-0.25, -0.2) is 9.78 Å². The fraction of sp³-hybridized carbons (Fsp3) is 0.143. The van der Waals surface area contributed by atoms with E-state index in [2.05, 4.69) is 4.98 Å². The summed E-state index contributed by atoms with van der Waals surface area (Å²) in [4.78, 5) is 16.7. The topological polar surface area (TPSA) is 63.8 Å². The SMILES string of the molecule is COCc1c(C(=O)O)sc2nc(-c3ccccc3)cn12. The molecule has 3 rings (SSSR count). The Morgan fingerprint density at radius 1 is 1.40 bits per heavy atom. The summed E-state index contributed by atoms with van der Waals surface area (Å²) in [7, 11) is 1.55. The molecule has 2 heterocycles. The van der Waals surface area contributed by atoms with Crippen LogP contribution in [0.4, 0.5) is 0 Å². The number of carboxylic acid groups (broad SMARTS) is 1. The molecule has 0 saturated heterocycles. The van der Waals surface area contributed by atoms with Crippen LogP contribution in [0.15, 0.2) is 36.5 Å². The zero-order chi connectivity index (χ0) is 14.1. The van der Waals surface area contributed by atoms with Crippen molar-refractivity contribution in [2.24, 2.45) is 0 Å². The van der Waals surface area contributed by atoms with E-state index < -0.39 is 5.97 Å². The monoisotopic (exact) mass is 288 g/mol. The molecule has 20 heavy (non-hydrogen) atoms. The zero-order valence-corrected chi connectivity index (χ0v) is 11.6. The molecule has 0 aliphatic heterocycles. The fourth-order valence-corrected chi connectivity index (χ4v) is 3.03. The molecule has 0 spiro atoms. The molecule has 3 aromatic rings. The standard InChI is InChI=1S/C14H12N2O3S/c1-19-8-11-12(13(17)18)20-14-15-10(7-16(11)14)9-5-3-2-4-6-9/h2-7H,8H2,1H3,(H,17,18). The molecule has 0 unspecified atom stereocenters. The van der Waals surface area contributed by atoms with E-state index in [1.807, 2.05) is 36.5 Å². The van der Waals surface area contributed by atoms with E-state index in [9.17, 15) is 9.90 Å². The van der Waals surface area contributed by atoms with Gasteiger partial charge < -0.3 is 9.84 Å². The zero-order valence-electron chi connectivity index (χ0n) is 10.7. The first kappa shape index (κ1) is 12.8. The maximum atomic E-state index is 11.2. The van der Waals surface area contributed by atoms with Gasteiger partial charge in [-0.05, 0) is 0 Å². The Labute approximate surface area is 119 Å². The van der Waals surface area contributed by atoms with Gasteiger partial charge in [0.2, 0.25) is 0 Å². The number of hydrogen-bond donors (Lipinski definition) is 1. The summed E-state index contributed by atoms with van der Waals surface area (Å²) in [5.41, 5.74) is 2.45. The molecule has 1 N–H and O–H groups in total. The quantitative estimate of drug-likeness (QED) is 0.801. The van der Waals surface area contributed by atoms with Crippen molar-refractivity contribution in [3.8, 4) is 11.3 Å². The first-order valence-corrected chi connectivity index (χ1v) is 6.80. The van der Waals surface area contributed by atoms with E-state index in [1.54, 1.807) is 11.5 Å². The van der Waals surface area contributed by atoms with Crippen LogP contribution in [0.25, 0.3) is 16.2 Å². The second-order valence-corrected chi connectivity index (χ2v) is 5.24. The van der Waals surface area contributed by atoms with Gasteiger partial charge in [-0.15, -0.1) is 0 Å². The van der Waals surface area contributed by atoms with Crippen molar-refractivity contribution in [3.05, 3.63) is 47.1 Å². The molecule has 0 bridgehead atoms. The molecular weight excluding hydrogens is 276 g/mol. The lowest BCUT2D eigenvalue weighted by atomic mass is 10.2. The number of carboxylic acids is 1. The van der Waals surface area contributed by atoms with E-state index in [4.69, 9.17) is 4.74 Å². The fourth-order valence-electron chi connectivity index (χ4n) is 2.08. The lowest BCUT2D eigenvalue weighted by Gasteiger charge is -1.99. The summed E-state index contributed by atoms with van der Waals surface area (Å²) in [6.45, 7) is 0.242. The Morgan fingerprint density at radius 3 is 2.80 bits per heavy atom. The Bertz CT molecular complexity index is 761. The molecule has 0 amide bonds. The van der Waals surface area contributed by atoms with Crippen molar-refractivity contribution < 1.29 is 14.6 Å². The highest BCUT2D eigenvalue weighted by molar-refractivity contribution is 7.19. The number of methoxy groups -OCH3 is 1. The third kappa shape index (κ3) is 2.09. The van der Waals surface area contributed by atoms with E-state index in [1.165, 1.54) is 0 Å². The molecule has 0 aliphatic rings. The molecule has 1 aromatic carbocycles. The van der Waals surface area contributed by atoms with Gasteiger partial charge in [0.05, 0.1) is 18.0 Å². The number of imidazole rings is 1. The number of thiazole rings is 1. The van der Waals surface area contributed by atoms with Crippen molar-refractivity contribution in [2.75, 3.05) is 7.11 Å². The molecule has 0 aliphatic carbocycles. The number of rotatable bonds is 4. The Morgan fingerprint density at radius 2 is 2.15 bits per heavy atom. The average molecular weight is 288 g/mol. The van der Waals surface area contributed by atoms with Gasteiger partial charge in [-0.1, -0.05) is 41.7 Å². The van der Waals surface area contributed by atoms with Crippen LogP contribution >= 0.6 is 11.3 Å². The molecule has 0 saturated carbocycles. The summed E-state index contributed by atoms with van der Waals surface area (Å²) in [5, 5.41) is 9.21. The summed E-state index contributed by atoms with van der Waals surface area (Å²) >= 11 is 1.16. The number of aromatic carboxylic acids is 1. The van der Waals surface area contributed by atoms with Gasteiger partial charge in [-0.3, -0.25) is 4.40 Å². The highest BCUT2D eigenvalue weighted by Gasteiger charge is 2.19. The number of carbonyl (C=O) groups is 1. The second kappa shape index (κ2) is 5.07. The maximum absolute atomic E-state index is 11.2. The summed E-state index contributed by atoms with van der Waals surface area (Å²) in [6.07, 6.45) is 1.85. The molecule has 0 fully saturated rings. The van der Waals surface area contributed by atoms with Crippen LogP contribution in [0, 0.1) is 0 Å². The number of hydrogen-bond acceptors (Lipinski definition) is 4. The molecule has 102 valence electrons. The first-order valence-electron chi connectivity index (χ1n) is 5.99. The van der Waals surface area contributed by atoms with Crippen molar-refractivity contribution in [3.63, 3.8) is 0 Å². The van der Waals surface area contributed by atoms with Crippen molar-refractivity contribution >= 4 is 22.3 Å². The average Bonchev–Trinajstić information content (AvgIpc) is 2.99. The molecule has 5 nitrogen and oxygen atoms in total. The van der Waals surface area contributed by atoms with Crippen LogP contribution in [-0.4, -0.2) is 27.6 Å². The third-order valence-electron chi connectivity index (χ3n) is 2.96. The van der Waals surface area contributed by atoms with Gasteiger partial charge in [0.15, 0.2) is 4.96 Å². The number of nitrogens with zero attached hydrogens (tertiary/aromatic N) is 2. The second-order valence-electron chi connectivity index (χ2n) is 4.26. The molecule has 0 atom stereocenters. The number of fused-ring (bicyclic) bond motifs is 1. The molecule has 6 heteroatoms. The Balaban J connectivity index is 2.15. The largest absolute Gasteiger partial charge is 0.477 e. The van der Waals surface area contributed by atoms with E-state index >= 15 is 0 Å². The predicted octanol–water partition coefficient (Wildman–Crippen LogP) is 2.91. The minimum absolute atomic E-state index is 0.242. The van der Waals surface area contributed by atoms with Crippen molar-refractivity contribution in [2.45, 2.75) is 6.61 Å². The third-order valence-corrected chi connectivity index (χ3v) is 4.05. The lowest BCUT2D eigenvalue weighted by Crippen LogP contribution is -2.02. The Kier molecular flexibility index (Phi) is 3.25. The van der Waals surface area contributed by atoms with E-state index in [-0.39, 0.29) is 11.5 Å². The van der Waals surface area contributed by atoms with Crippen LogP contribution in [0.2, 0.25) is 0 Å². The van der Waals surface area contributed by atoms with Gasteiger partial charge in [-0.2, -0.15) is 0 Å². The lowest BCUT2D eigenvalue weighted by molar-refractivity contribution is 0.0696. The molecule has 0 radical (unpaired) electrons. The van der Waals surface area contributed by atoms with Gasteiger partial charge in [0.25, 0.3) is 0 Å². The van der Waals surface area contributed by atoms with Crippen molar-refractivity contribution in [1.82, 2.24) is 9.38 Å². The summed E-state index contributed by atoms with van der Waals surface area (Å²) in [5.74, 6) is -0.950. The Hall–Kier alpha value is -2.18. The van der Waals surface area contributed by atoms with Crippen LogP contribution in [-0.2, 0) is 11.3 Å². The first-order chi connectivity index (χ1) is 9.70. The van der Waals surface area contributed by atoms with Crippen molar-refractivity contribution in [1.29, 1.82) is 0 Å². The molecule has 2 aromatic heterocycles. The minimum Gasteiger partial charge on any atom is -0.477 e. The van der Waals surface area contributed by atoms with Crippen LogP contribution in [0.5, 0.6) is 0 Å². The van der Waals surface area contributed by atoms with Gasteiger partial charge in [0.1, 0.15) is 4.88 Å². The number of ether oxygens (including phenoxy) is 1. The summed E-state index contributed by atoms with van der Waals surface area (Å²) < 4.78 is 6.89.